The van der Waals surface area contributed by atoms with Crippen LogP contribution in [0.4, 0.5) is 0 Å². The normalized spacial score (nSPS) is 10.4. The Morgan fingerprint density at radius 3 is 2.79 bits per heavy atom. The van der Waals surface area contributed by atoms with E-state index in [1.807, 2.05) is 54.3 Å². The average Bonchev–Trinajstić information content (AvgIpc) is 2.82. The molecule has 0 aliphatic heterocycles. The smallest absolute Gasteiger partial charge is 0.224 e. The molecule has 0 aliphatic carbocycles. The molecule has 1 heterocycles. The van der Waals surface area contributed by atoms with Crippen molar-refractivity contribution in [3.05, 3.63) is 54.1 Å². The number of nitrogens with one attached hydrogen (secondary N) is 1. The first-order chi connectivity index (χ1) is 9.24. The van der Waals surface area contributed by atoms with Crippen molar-refractivity contribution < 1.29 is 4.79 Å². The number of hydrogen-bond acceptors (Lipinski definition) is 2. The Bertz CT molecular complexity index is 519. The van der Waals surface area contributed by atoms with Crippen LogP contribution in [0.3, 0.4) is 0 Å². The summed E-state index contributed by atoms with van der Waals surface area (Å²) in [7, 11) is 0. The predicted octanol–water partition coefficient (Wildman–Crippen LogP) is 1.94. The minimum atomic E-state index is 0.0769. The molecule has 0 unspecified atom stereocenters. The Kier molecular flexibility index (Phi) is 4.72. The summed E-state index contributed by atoms with van der Waals surface area (Å²) in [4.78, 5) is 15.9. The maximum absolute atomic E-state index is 11.7. The highest BCUT2D eigenvalue weighted by Crippen LogP contribution is 1.99. The third-order valence-corrected chi connectivity index (χ3v) is 2.89. The maximum Gasteiger partial charge on any atom is 0.224 e. The van der Waals surface area contributed by atoms with E-state index in [2.05, 4.69) is 10.3 Å². The average molecular weight is 257 g/mol. The molecule has 100 valence electrons. The summed E-state index contributed by atoms with van der Waals surface area (Å²) in [5, 5.41) is 2.94. The quantitative estimate of drug-likeness (QED) is 0.804. The highest BCUT2D eigenvalue weighted by molar-refractivity contribution is 5.78. The highest BCUT2D eigenvalue weighted by Gasteiger charge is 2.02. The monoisotopic (exact) mass is 257 g/mol. The van der Waals surface area contributed by atoms with Gasteiger partial charge in [-0.15, -0.1) is 0 Å². The van der Waals surface area contributed by atoms with E-state index in [1.165, 1.54) is 0 Å². The second-order valence-electron chi connectivity index (χ2n) is 4.62. The summed E-state index contributed by atoms with van der Waals surface area (Å²) in [6.07, 6.45) is 5.19. The molecule has 1 amide bonds. The molecule has 0 spiro atoms. The summed E-state index contributed by atoms with van der Waals surface area (Å²) >= 11 is 0. The number of hydrogen-bond donors (Lipinski definition) is 1. The summed E-state index contributed by atoms with van der Waals surface area (Å²) in [5.41, 5.74) is 2.07. The van der Waals surface area contributed by atoms with Crippen LogP contribution in [0.15, 0.2) is 42.9 Å². The molecule has 2 rings (SSSR count). The first-order valence-corrected chi connectivity index (χ1v) is 6.53. The number of amides is 1. The van der Waals surface area contributed by atoms with Crippen LogP contribution in [0, 0.1) is 6.92 Å². The molecule has 0 aliphatic rings. The van der Waals surface area contributed by atoms with E-state index < -0.39 is 0 Å². The van der Waals surface area contributed by atoms with E-state index in [9.17, 15) is 4.79 Å². The van der Waals surface area contributed by atoms with E-state index in [0.717, 1.165) is 24.2 Å². The Balaban J connectivity index is 1.64. The van der Waals surface area contributed by atoms with Gasteiger partial charge in [0.25, 0.3) is 0 Å². The molecule has 2 aromatic rings. The zero-order chi connectivity index (χ0) is 13.5. The number of carbonyl (C=O) groups excluding carboxylic acids is 1. The number of aromatic nitrogens is 2. The van der Waals surface area contributed by atoms with E-state index in [-0.39, 0.29) is 5.91 Å². The molecule has 0 saturated heterocycles. The third kappa shape index (κ3) is 4.58. The molecule has 0 fully saturated rings. The minimum Gasteiger partial charge on any atom is -0.356 e. The van der Waals surface area contributed by atoms with Gasteiger partial charge in [-0.2, -0.15) is 0 Å². The van der Waals surface area contributed by atoms with Crippen molar-refractivity contribution in [2.45, 2.75) is 26.3 Å². The van der Waals surface area contributed by atoms with Crippen molar-refractivity contribution in [2.75, 3.05) is 6.54 Å². The van der Waals surface area contributed by atoms with Crippen LogP contribution < -0.4 is 5.32 Å². The van der Waals surface area contributed by atoms with E-state index >= 15 is 0 Å². The Hall–Kier alpha value is -2.10. The van der Waals surface area contributed by atoms with Gasteiger partial charge in [0.05, 0.1) is 18.4 Å². The molecule has 0 bridgehead atoms. The molecular weight excluding hydrogens is 238 g/mol. The largest absolute Gasteiger partial charge is 0.356 e. The summed E-state index contributed by atoms with van der Waals surface area (Å²) in [6, 6.07) is 9.78. The van der Waals surface area contributed by atoms with Crippen molar-refractivity contribution in [1.29, 1.82) is 0 Å². The molecule has 4 nitrogen and oxygen atoms in total. The van der Waals surface area contributed by atoms with Gasteiger partial charge in [-0.1, -0.05) is 30.3 Å². The molecule has 1 aromatic heterocycles. The fourth-order valence-corrected chi connectivity index (χ4v) is 1.93. The van der Waals surface area contributed by atoms with Crippen LogP contribution in [-0.4, -0.2) is 22.0 Å². The third-order valence-electron chi connectivity index (χ3n) is 2.89. The maximum atomic E-state index is 11.7. The number of benzene rings is 1. The summed E-state index contributed by atoms with van der Waals surface area (Å²) in [6.45, 7) is 3.55. The molecule has 4 heteroatoms. The van der Waals surface area contributed by atoms with Gasteiger partial charge in [0, 0.05) is 19.3 Å². The van der Waals surface area contributed by atoms with Crippen molar-refractivity contribution in [3.8, 4) is 0 Å². The van der Waals surface area contributed by atoms with Crippen LogP contribution >= 0.6 is 0 Å². The Morgan fingerprint density at radius 1 is 1.32 bits per heavy atom. The number of nitrogens with zero attached hydrogens (tertiary/aromatic N) is 2. The van der Waals surface area contributed by atoms with E-state index in [0.29, 0.717) is 13.0 Å². The zero-order valence-electron chi connectivity index (χ0n) is 11.2. The van der Waals surface area contributed by atoms with Gasteiger partial charge in [0.15, 0.2) is 0 Å². The topological polar surface area (TPSA) is 46.9 Å². The molecule has 0 radical (unpaired) electrons. The van der Waals surface area contributed by atoms with Crippen molar-refractivity contribution in [2.24, 2.45) is 0 Å². The standard InChI is InChI=1S/C15H19N3O/c1-13-11-18(12-17-13)9-5-8-16-15(19)10-14-6-3-2-4-7-14/h2-4,6-7,11-12H,5,8-10H2,1H3,(H,16,19). The van der Waals surface area contributed by atoms with Gasteiger partial charge in [-0.25, -0.2) is 4.98 Å². The van der Waals surface area contributed by atoms with Crippen molar-refractivity contribution in [1.82, 2.24) is 14.9 Å². The molecule has 1 N–H and O–H groups in total. The number of aryl methyl sites for hydroxylation is 2. The molecule has 0 atom stereocenters. The minimum absolute atomic E-state index is 0.0769. The van der Waals surface area contributed by atoms with Crippen LogP contribution in [0.2, 0.25) is 0 Å². The second kappa shape index (κ2) is 6.73. The zero-order valence-corrected chi connectivity index (χ0v) is 11.2. The highest BCUT2D eigenvalue weighted by atomic mass is 16.1. The lowest BCUT2D eigenvalue weighted by atomic mass is 10.1. The van der Waals surface area contributed by atoms with Crippen LogP contribution in [0.25, 0.3) is 0 Å². The Labute approximate surface area is 113 Å². The number of rotatable bonds is 6. The lowest BCUT2D eigenvalue weighted by Gasteiger charge is -2.05. The van der Waals surface area contributed by atoms with Gasteiger partial charge in [-0.05, 0) is 18.9 Å². The Morgan fingerprint density at radius 2 is 2.11 bits per heavy atom. The number of carbonyl (C=O) groups is 1. The van der Waals surface area contributed by atoms with Crippen molar-refractivity contribution >= 4 is 5.91 Å². The van der Waals surface area contributed by atoms with Gasteiger partial charge in [0.1, 0.15) is 0 Å². The van der Waals surface area contributed by atoms with Gasteiger partial charge >= 0.3 is 0 Å². The SMILES string of the molecule is Cc1cn(CCCNC(=O)Cc2ccccc2)cn1. The first-order valence-electron chi connectivity index (χ1n) is 6.53. The fraction of sp³-hybridized carbons (Fsp3) is 0.333. The van der Waals surface area contributed by atoms with Crippen LogP contribution in [-0.2, 0) is 17.8 Å². The number of imidazole rings is 1. The lowest BCUT2D eigenvalue weighted by molar-refractivity contribution is -0.120. The van der Waals surface area contributed by atoms with Crippen LogP contribution in [0.1, 0.15) is 17.7 Å². The predicted molar refractivity (Wildman–Crippen MR) is 74.7 cm³/mol. The fourth-order valence-electron chi connectivity index (χ4n) is 1.93. The van der Waals surface area contributed by atoms with E-state index in [4.69, 9.17) is 0 Å². The molecular formula is C15H19N3O. The van der Waals surface area contributed by atoms with Gasteiger partial charge < -0.3 is 9.88 Å². The van der Waals surface area contributed by atoms with Crippen LogP contribution in [0.5, 0.6) is 0 Å². The molecule has 1 aromatic carbocycles. The van der Waals surface area contributed by atoms with Gasteiger partial charge in [0.2, 0.25) is 5.91 Å². The first kappa shape index (κ1) is 13.3. The van der Waals surface area contributed by atoms with Gasteiger partial charge in [-0.3, -0.25) is 4.79 Å². The van der Waals surface area contributed by atoms with E-state index in [1.54, 1.807) is 0 Å². The molecule has 0 saturated carbocycles. The lowest BCUT2D eigenvalue weighted by Crippen LogP contribution is -2.26. The molecule has 19 heavy (non-hydrogen) atoms. The second-order valence-corrected chi connectivity index (χ2v) is 4.62. The summed E-state index contributed by atoms with van der Waals surface area (Å²) < 4.78 is 2.04. The van der Waals surface area contributed by atoms with Crippen molar-refractivity contribution in [3.63, 3.8) is 0 Å². The summed E-state index contributed by atoms with van der Waals surface area (Å²) in [5.74, 6) is 0.0769.